The van der Waals surface area contributed by atoms with Crippen molar-refractivity contribution in [2.45, 2.75) is 33.2 Å². The fraction of sp³-hybridized carbons (Fsp3) is 0.106. The van der Waals surface area contributed by atoms with E-state index in [4.69, 9.17) is 8.60 Å². The minimum atomic E-state index is -5.96. The summed E-state index contributed by atoms with van der Waals surface area (Å²) in [6.45, 7) is 7.93. The number of nitrogens with zero attached hydrogens (tertiary/aromatic N) is 1. The van der Waals surface area contributed by atoms with E-state index in [9.17, 15) is 21.6 Å². The Hall–Kier alpha value is -6.32. The summed E-state index contributed by atoms with van der Waals surface area (Å²) in [5, 5.41) is 4.02. The lowest BCUT2D eigenvalue weighted by atomic mass is 9.98. The second kappa shape index (κ2) is 15.4. The van der Waals surface area contributed by atoms with Crippen LogP contribution in [-0.2, 0) is 10.1 Å². The molecule has 0 aliphatic heterocycles. The van der Waals surface area contributed by atoms with E-state index in [0.717, 1.165) is 55.6 Å². The Morgan fingerprint density at radius 1 is 0.679 bits per heavy atom. The van der Waals surface area contributed by atoms with E-state index in [1.165, 1.54) is 6.07 Å². The van der Waals surface area contributed by atoms with Crippen molar-refractivity contribution >= 4 is 76.2 Å². The lowest BCUT2D eigenvalue weighted by molar-refractivity contribution is -0.0499. The number of allylic oxidation sites excluding steroid dienone is 4. The van der Waals surface area contributed by atoms with E-state index in [1.54, 1.807) is 30.3 Å². The molecule has 0 saturated heterocycles. The topological polar surface area (TPSA) is 59.8 Å². The fourth-order valence-electron chi connectivity index (χ4n) is 7.04. The molecule has 1 aromatic heterocycles. The number of fused-ring (bicyclic) bond motifs is 6. The molecule has 1 heterocycles. The third-order valence-electron chi connectivity index (χ3n) is 9.52. The zero-order valence-electron chi connectivity index (χ0n) is 31.1. The zero-order chi connectivity index (χ0) is 39.6. The van der Waals surface area contributed by atoms with Crippen molar-refractivity contribution in [3.63, 3.8) is 0 Å². The van der Waals surface area contributed by atoms with Crippen LogP contribution in [-0.4, -0.2) is 13.9 Å². The average molecular weight is 770 g/mol. The third-order valence-corrected chi connectivity index (χ3v) is 10.5. The molecule has 0 aliphatic carbocycles. The van der Waals surface area contributed by atoms with Gasteiger partial charge in [0.15, 0.2) is 5.75 Å². The standard InChI is InChI=1S/C45H32F3NO4S.C2H6/c1-3-10-29(4-2)30-17-22-33(23-18-30)49(34-24-19-32(20-25-34)36-14-9-15-38-37-13-7-8-16-41(37)52-44(36)38)40-27-28-42(53-54(50,51)45(46,47)48)43-35-12-6-5-11-31(35)21-26-39(40)43;1-2/h3-28H,1-2H3;1-2H3/b10-3-,29-4+;. The first-order valence-corrected chi connectivity index (χ1v) is 19.6. The summed E-state index contributed by atoms with van der Waals surface area (Å²) in [7, 11) is -5.96. The van der Waals surface area contributed by atoms with E-state index in [1.807, 2.05) is 154 Å². The second-order valence-electron chi connectivity index (χ2n) is 12.7. The number of benzene rings is 7. The maximum atomic E-state index is 13.6. The van der Waals surface area contributed by atoms with Gasteiger partial charge in [-0.05, 0) is 83.8 Å². The van der Waals surface area contributed by atoms with Crippen LogP contribution in [0.15, 0.2) is 162 Å². The Morgan fingerprint density at radius 3 is 2.00 bits per heavy atom. The lowest BCUT2D eigenvalue weighted by Crippen LogP contribution is -2.28. The number of furan rings is 1. The van der Waals surface area contributed by atoms with Gasteiger partial charge in [0.1, 0.15) is 11.2 Å². The van der Waals surface area contributed by atoms with Crippen LogP contribution < -0.4 is 9.08 Å². The SMILES string of the molecule is C/C=C\C(=C/C)c1ccc(N(c2ccc(-c3cccc4c3oc3ccccc34)cc2)c2ccc(OS(=O)(=O)C(F)(F)F)c3c2ccc2ccccc23)cc1.CC. The Bertz CT molecular complexity index is 2870. The van der Waals surface area contributed by atoms with Gasteiger partial charge in [-0.1, -0.05) is 129 Å². The molecule has 5 nitrogen and oxygen atoms in total. The van der Waals surface area contributed by atoms with Crippen LogP contribution in [0, 0.1) is 0 Å². The maximum absolute atomic E-state index is 13.6. The molecule has 9 heteroatoms. The van der Waals surface area contributed by atoms with Crippen molar-refractivity contribution in [2.75, 3.05) is 4.90 Å². The Morgan fingerprint density at radius 2 is 1.32 bits per heavy atom. The molecule has 0 radical (unpaired) electrons. The molecule has 7 aromatic carbocycles. The molecule has 0 atom stereocenters. The average Bonchev–Trinajstić information content (AvgIpc) is 3.60. The molecule has 0 bridgehead atoms. The van der Waals surface area contributed by atoms with Crippen LogP contribution in [0.3, 0.4) is 0 Å². The molecule has 282 valence electrons. The first-order valence-electron chi connectivity index (χ1n) is 18.2. The van der Waals surface area contributed by atoms with Crippen LogP contribution in [0.1, 0.15) is 33.3 Å². The first-order chi connectivity index (χ1) is 27.1. The summed E-state index contributed by atoms with van der Waals surface area (Å²) in [5.41, 5.74) is 2.02. The van der Waals surface area contributed by atoms with Crippen molar-refractivity contribution in [3.8, 4) is 16.9 Å². The van der Waals surface area contributed by atoms with Gasteiger partial charge < -0.3 is 13.5 Å². The van der Waals surface area contributed by atoms with Crippen molar-refractivity contribution < 1.29 is 30.2 Å². The fourth-order valence-corrected chi connectivity index (χ4v) is 7.51. The van der Waals surface area contributed by atoms with Gasteiger partial charge >= 0.3 is 15.6 Å². The van der Waals surface area contributed by atoms with Gasteiger partial charge in [-0.3, -0.25) is 0 Å². The van der Waals surface area contributed by atoms with Crippen molar-refractivity contribution in [1.82, 2.24) is 0 Å². The van der Waals surface area contributed by atoms with Crippen LogP contribution in [0.2, 0.25) is 0 Å². The van der Waals surface area contributed by atoms with Crippen LogP contribution in [0.4, 0.5) is 30.2 Å². The molecular formula is C47H38F3NO4S. The smallest absolute Gasteiger partial charge is 0.455 e. The largest absolute Gasteiger partial charge is 0.534 e. The number of para-hydroxylation sites is 2. The maximum Gasteiger partial charge on any atom is 0.534 e. The lowest BCUT2D eigenvalue weighted by Gasteiger charge is -2.28. The van der Waals surface area contributed by atoms with Gasteiger partial charge in [0.05, 0.1) is 5.69 Å². The second-order valence-corrected chi connectivity index (χ2v) is 14.3. The highest BCUT2D eigenvalue weighted by Gasteiger charge is 2.48. The van der Waals surface area contributed by atoms with Gasteiger partial charge in [-0.25, -0.2) is 0 Å². The van der Waals surface area contributed by atoms with E-state index >= 15 is 0 Å². The van der Waals surface area contributed by atoms with E-state index in [0.29, 0.717) is 21.8 Å². The van der Waals surface area contributed by atoms with Crippen molar-refractivity contribution in [2.24, 2.45) is 0 Å². The van der Waals surface area contributed by atoms with Gasteiger partial charge in [0.25, 0.3) is 0 Å². The molecule has 56 heavy (non-hydrogen) atoms. The molecule has 0 unspecified atom stereocenters. The molecule has 0 saturated carbocycles. The first kappa shape index (κ1) is 38.0. The summed E-state index contributed by atoms with van der Waals surface area (Å²) in [6.07, 6.45) is 6.03. The van der Waals surface area contributed by atoms with E-state index in [2.05, 4.69) is 0 Å². The number of anilines is 3. The predicted molar refractivity (Wildman–Crippen MR) is 224 cm³/mol. The molecule has 0 fully saturated rings. The number of hydrogen-bond acceptors (Lipinski definition) is 5. The Balaban J connectivity index is 0.00000237. The van der Waals surface area contributed by atoms with Crippen LogP contribution in [0.25, 0.3) is 60.2 Å². The number of hydrogen-bond donors (Lipinski definition) is 0. The van der Waals surface area contributed by atoms with E-state index < -0.39 is 21.4 Å². The van der Waals surface area contributed by atoms with Gasteiger partial charge in [0, 0.05) is 38.5 Å². The molecule has 0 amide bonds. The highest BCUT2D eigenvalue weighted by Crippen LogP contribution is 2.46. The molecule has 8 aromatic rings. The summed E-state index contributed by atoms with van der Waals surface area (Å²) < 4.78 is 76.6. The number of rotatable bonds is 8. The van der Waals surface area contributed by atoms with Gasteiger partial charge in [-0.2, -0.15) is 21.6 Å². The van der Waals surface area contributed by atoms with E-state index in [-0.39, 0.29) is 5.39 Å². The van der Waals surface area contributed by atoms with Crippen LogP contribution in [0.5, 0.6) is 5.75 Å². The number of alkyl halides is 3. The molecule has 0 spiro atoms. The summed E-state index contributed by atoms with van der Waals surface area (Å²) in [5.74, 6) is -0.420. The normalized spacial score (nSPS) is 12.4. The van der Waals surface area contributed by atoms with Crippen LogP contribution >= 0.6 is 0 Å². The van der Waals surface area contributed by atoms with Crippen molar-refractivity contribution in [1.29, 1.82) is 0 Å². The molecule has 8 rings (SSSR count). The van der Waals surface area contributed by atoms with Crippen molar-refractivity contribution in [3.05, 3.63) is 163 Å². The molecule has 0 N–H and O–H groups in total. The Labute approximate surface area is 323 Å². The molecule has 0 aliphatic rings. The molecular weight excluding hydrogens is 732 g/mol. The summed E-state index contributed by atoms with van der Waals surface area (Å²) >= 11 is 0. The quantitative estimate of drug-likeness (QED) is 0.0667. The summed E-state index contributed by atoms with van der Waals surface area (Å²) in [4.78, 5) is 2.00. The monoisotopic (exact) mass is 769 g/mol. The highest BCUT2D eigenvalue weighted by molar-refractivity contribution is 7.88. The predicted octanol–water partition coefficient (Wildman–Crippen LogP) is 14.3. The summed E-state index contributed by atoms with van der Waals surface area (Å²) in [6, 6.07) is 43.6. The number of halogens is 3. The van der Waals surface area contributed by atoms with Gasteiger partial charge in [-0.15, -0.1) is 0 Å². The minimum absolute atomic E-state index is 0.234. The zero-order valence-corrected chi connectivity index (χ0v) is 31.9. The third kappa shape index (κ3) is 6.90. The van der Waals surface area contributed by atoms with Gasteiger partial charge in [0.2, 0.25) is 0 Å². The minimum Gasteiger partial charge on any atom is -0.455 e. The Kier molecular flexibility index (Phi) is 10.5. The highest BCUT2D eigenvalue weighted by atomic mass is 32.2.